The highest BCUT2D eigenvalue weighted by Crippen LogP contribution is 2.48. The van der Waals surface area contributed by atoms with Crippen molar-refractivity contribution in [3.8, 4) is 22.6 Å². The van der Waals surface area contributed by atoms with Gasteiger partial charge < -0.3 is 9.47 Å². The highest BCUT2D eigenvalue weighted by atomic mass is 127. The zero-order chi connectivity index (χ0) is 18.3. The lowest BCUT2D eigenvalue weighted by molar-refractivity contribution is 0.409. The summed E-state index contributed by atoms with van der Waals surface area (Å²) in [5.74, 6) is 1.74. The van der Waals surface area contributed by atoms with Crippen LogP contribution in [0.15, 0.2) is 60.7 Å². The Morgan fingerprint density at radius 3 is 1.96 bits per heavy atom. The van der Waals surface area contributed by atoms with Crippen LogP contribution in [-0.4, -0.2) is 14.2 Å². The van der Waals surface area contributed by atoms with Crippen LogP contribution in [0.25, 0.3) is 32.7 Å². The molecule has 0 aliphatic carbocycles. The smallest absolute Gasteiger partial charge is 0.141 e. The molecule has 0 amide bonds. The summed E-state index contributed by atoms with van der Waals surface area (Å²) in [5, 5.41) is 4.74. The summed E-state index contributed by atoms with van der Waals surface area (Å²) in [6.45, 7) is 0. The molecule has 0 unspecified atom stereocenters. The van der Waals surface area contributed by atoms with Gasteiger partial charge in [0.25, 0.3) is 0 Å². The van der Waals surface area contributed by atoms with Crippen molar-refractivity contribution in [1.82, 2.24) is 0 Å². The van der Waals surface area contributed by atoms with Crippen molar-refractivity contribution in [2.45, 2.75) is 0 Å². The summed E-state index contributed by atoms with van der Waals surface area (Å²) in [7, 11) is 3.46. The van der Waals surface area contributed by atoms with Gasteiger partial charge in [0.15, 0.2) is 0 Å². The largest absolute Gasteiger partial charge is 0.496 e. The predicted molar refractivity (Wildman–Crippen MR) is 125 cm³/mol. The number of benzene rings is 4. The SMILES string of the molecule is COc1ccc2ccccc2c1-c1c(OC)c(I)c(I)c2ccccc12. The first-order chi connectivity index (χ1) is 12.7. The average Bonchev–Trinajstić information content (AvgIpc) is 2.70. The van der Waals surface area contributed by atoms with E-state index in [4.69, 9.17) is 9.47 Å². The molecule has 4 rings (SSSR count). The van der Waals surface area contributed by atoms with E-state index in [1.807, 2.05) is 6.07 Å². The summed E-state index contributed by atoms with van der Waals surface area (Å²) < 4.78 is 14.0. The standard InChI is InChI=1S/C22H16I2O2/c1-25-17-12-11-13-7-3-4-8-14(13)18(17)19-15-9-5-6-10-16(15)20(23)21(24)22(19)26-2/h3-12H,1-2H3. The van der Waals surface area contributed by atoms with Crippen LogP contribution in [0.3, 0.4) is 0 Å². The Labute approximate surface area is 179 Å². The molecule has 0 spiro atoms. The first-order valence-electron chi connectivity index (χ1n) is 8.17. The fourth-order valence-electron chi connectivity index (χ4n) is 3.46. The van der Waals surface area contributed by atoms with Gasteiger partial charge in [0.05, 0.1) is 17.8 Å². The number of methoxy groups -OCH3 is 2. The van der Waals surface area contributed by atoms with E-state index >= 15 is 0 Å². The van der Waals surface area contributed by atoms with Gasteiger partial charge in [-0.1, -0.05) is 54.6 Å². The molecule has 0 radical (unpaired) electrons. The summed E-state index contributed by atoms with van der Waals surface area (Å²) in [6.07, 6.45) is 0. The van der Waals surface area contributed by atoms with Crippen LogP contribution in [0, 0.1) is 7.14 Å². The molecular weight excluding hydrogens is 550 g/mol. The molecule has 4 aromatic rings. The van der Waals surface area contributed by atoms with Crippen molar-refractivity contribution in [1.29, 1.82) is 0 Å². The van der Waals surface area contributed by atoms with Crippen LogP contribution < -0.4 is 9.47 Å². The number of hydrogen-bond donors (Lipinski definition) is 0. The Morgan fingerprint density at radius 1 is 0.615 bits per heavy atom. The second-order valence-electron chi connectivity index (χ2n) is 5.95. The Kier molecular flexibility index (Phi) is 4.96. The molecule has 0 atom stereocenters. The van der Waals surface area contributed by atoms with Crippen LogP contribution in [0.1, 0.15) is 0 Å². The number of hydrogen-bond acceptors (Lipinski definition) is 2. The Bertz CT molecular complexity index is 1140. The number of halogens is 2. The van der Waals surface area contributed by atoms with Gasteiger partial charge in [0.2, 0.25) is 0 Å². The summed E-state index contributed by atoms with van der Waals surface area (Å²) >= 11 is 4.78. The van der Waals surface area contributed by atoms with E-state index in [9.17, 15) is 0 Å². The topological polar surface area (TPSA) is 18.5 Å². The molecule has 0 heterocycles. The van der Waals surface area contributed by atoms with Gasteiger partial charge in [-0.05, 0) is 72.8 Å². The average molecular weight is 566 g/mol. The van der Waals surface area contributed by atoms with Crippen LogP contribution in [0.2, 0.25) is 0 Å². The van der Waals surface area contributed by atoms with Gasteiger partial charge in [0.1, 0.15) is 11.5 Å². The molecule has 0 aliphatic rings. The van der Waals surface area contributed by atoms with E-state index in [2.05, 4.69) is 99.8 Å². The van der Waals surface area contributed by atoms with Gasteiger partial charge in [-0.25, -0.2) is 0 Å². The third-order valence-electron chi connectivity index (χ3n) is 4.62. The number of ether oxygens (including phenoxy) is 2. The van der Waals surface area contributed by atoms with Crippen LogP contribution in [0.5, 0.6) is 11.5 Å². The van der Waals surface area contributed by atoms with Crippen molar-refractivity contribution in [2.24, 2.45) is 0 Å². The minimum Gasteiger partial charge on any atom is -0.496 e. The third-order valence-corrected chi connectivity index (χ3v) is 7.80. The number of fused-ring (bicyclic) bond motifs is 2. The van der Waals surface area contributed by atoms with Gasteiger partial charge in [0, 0.05) is 14.7 Å². The zero-order valence-electron chi connectivity index (χ0n) is 14.3. The second kappa shape index (κ2) is 7.23. The van der Waals surface area contributed by atoms with Crippen molar-refractivity contribution in [3.63, 3.8) is 0 Å². The molecule has 26 heavy (non-hydrogen) atoms. The van der Waals surface area contributed by atoms with E-state index in [1.54, 1.807) is 14.2 Å². The van der Waals surface area contributed by atoms with Crippen LogP contribution in [0.4, 0.5) is 0 Å². The third kappa shape index (κ3) is 2.74. The van der Waals surface area contributed by atoms with E-state index in [0.29, 0.717) is 0 Å². The first kappa shape index (κ1) is 17.9. The Morgan fingerprint density at radius 2 is 1.27 bits per heavy atom. The van der Waals surface area contributed by atoms with Crippen molar-refractivity contribution < 1.29 is 9.47 Å². The minimum atomic E-state index is 0.851. The maximum absolute atomic E-state index is 5.90. The van der Waals surface area contributed by atoms with E-state index in [1.165, 1.54) is 19.7 Å². The zero-order valence-corrected chi connectivity index (χ0v) is 18.7. The summed E-state index contributed by atoms with van der Waals surface area (Å²) in [5.41, 5.74) is 2.16. The molecule has 130 valence electrons. The maximum atomic E-state index is 5.90. The normalized spacial score (nSPS) is 11.1. The quantitative estimate of drug-likeness (QED) is 0.252. The van der Waals surface area contributed by atoms with Gasteiger partial charge in [-0.3, -0.25) is 0 Å². The monoisotopic (exact) mass is 566 g/mol. The maximum Gasteiger partial charge on any atom is 0.141 e. The Balaban J connectivity index is 2.27. The second-order valence-corrected chi connectivity index (χ2v) is 8.10. The summed E-state index contributed by atoms with van der Waals surface area (Å²) in [6, 6.07) is 21.0. The lowest BCUT2D eigenvalue weighted by Crippen LogP contribution is -1.98. The molecule has 0 saturated heterocycles. The highest BCUT2D eigenvalue weighted by Gasteiger charge is 2.22. The lowest BCUT2D eigenvalue weighted by atomic mass is 9.92. The van der Waals surface area contributed by atoms with E-state index < -0.39 is 0 Å². The first-order valence-corrected chi connectivity index (χ1v) is 10.3. The minimum absolute atomic E-state index is 0.851. The lowest BCUT2D eigenvalue weighted by Gasteiger charge is -2.20. The molecule has 0 N–H and O–H groups in total. The molecule has 0 aromatic heterocycles. The van der Waals surface area contributed by atoms with E-state index in [0.717, 1.165) is 31.6 Å². The fourth-order valence-corrected chi connectivity index (χ4v) is 4.96. The van der Waals surface area contributed by atoms with Gasteiger partial charge >= 0.3 is 0 Å². The molecule has 0 aliphatic heterocycles. The van der Waals surface area contributed by atoms with Crippen LogP contribution >= 0.6 is 45.2 Å². The van der Waals surface area contributed by atoms with Gasteiger partial charge in [-0.2, -0.15) is 0 Å². The van der Waals surface area contributed by atoms with Crippen LogP contribution in [-0.2, 0) is 0 Å². The predicted octanol–water partition coefficient (Wildman–Crippen LogP) is 6.89. The van der Waals surface area contributed by atoms with Crippen molar-refractivity contribution in [2.75, 3.05) is 14.2 Å². The number of rotatable bonds is 3. The molecule has 4 aromatic carbocycles. The van der Waals surface area contributed by atoms with E-state index in [-0.39, 0.29) is 0 Å². The highest BCUT2D eigenvalue weighted by molar-refractivity contribution is 14.1. The molecule has 0 fully saturated rings. The van der Waals surface area contributed by atoms with Crippen molar-refractivity contribution in [3.05, 3.63) is 67.8 Å². The molecule has 2 nitrogen and oxygen atoms in total. The molecule has 0 bridgehead atoms. The van der Waals surface area contributed by atoms with Crippen molar-refractivity contribution >= 4 is 66.7 Å². The fraction of sp³-hybridized carbons (Fsp3) is 0.0909. The van der Waals surface area contributed by atoms with Gasteiger partial charge in [-0.15, -0.1) is 0 Å². The molecule has 0 saturated carbocycles. The Hall–Kier alpha value is -1.54. The molecular formula is C22H16I2O2. The summed E-state index contributed by atoms with van der Waals surface area (Å²) in [4.78, 5) is 0. The molecule has 4 heteroatoms.